The Hall–Kier alpha value is -1.94. The Morgan fingerprint density at radius 3 is 2.35 bits per heavy atom. The van der Waals surface area contributed by atoms with Gasteiger partial charge in [0.1, 0.15) is 11.5 Å². The third-order valence-corrected chi connectivity index (χ3v) is 3.83. The first-order valence-electron chi connectivity index (χ1n) is 6.17. The molecule has 0 aliphatic carbocycles. The minimum atomic E-state index is 0.0877. The van der Waals surface area contributed by atoms with Crippen molar-refractivity contribution in [3.05, 3.63) is 54.1 Å². The normalized spacial score (nSPS) is 10.1. The molecule has 20 heavy (non-hydrogen) atoms. The standard InChI is InChI=1S/C16H16O3S/c1-18-13-6-8-15(9-7-13)20-11-16(17)12-4-3-5-14(10-12)19-2/h3-10H,11H2,1-2H3. The van der Waals surface area contributed by atoms with Gasteiger partial charge in [-0.05, 0) is 36.4 Å². The van der Waals surface area contributed by atoms with E-state index < -0.39 is 0 Å². The Kier molecular flexibility index (Phi) is 5.07. The molecule has 2 aromatic rings. The fourth-order valence-corrected chi connectivity index (χ4v) is 2.49. The number of rotatable bonds is 6. The number of benzene rings is 2. The molecule has 2 aromatic carbocycles. The topological polar surface area (TPSA) is 35.5 Å². The molecule has 0 aromatic heterocycles. The maximum Gasteiger partial charge on any atom is 0.173 e. The van der Waals surface area contributed by atoms with Crippen molar-refractivity contribution in [2.45, 2.75) is 4.90 Å². The Labute approximate surface area is 122 Å². The van der Waals surface area contributed by atoms with E-state index in [9.17, 15) is 4.79 Å². The summed E-state index contributed by atoms with van der Waals surface area (Å²) in [6.07, 6.45) is 0. The van der Waals surface area contributed by atoms with Gasteiger partial charge >= 0.3 is 0 Å². The van der Waals surface area contributed by atoms with E-state index in [4.69, 9.17) is 9.47 Å². The molecule has 0 aliphatic rings. The molecule has 4 heteroatoms. The highest BCUT2D eigenvalue weighted by atomic mass is 32.2. The molecule has 2 rings (SSSR count). The average Bonchev–Trinajstić information content (AvgIpc) is 2.53. The first kappa shape index (κ1) is 14.5. The van der Waals surface area contributed by atoms with Gasteiger partial charge in [0.05, 0.1) is 20.0 Å². The van der Waals surface area contributed by atoms with E-state index in [1.807, 2.05) is 36.4 Å². The summed E-state index contributed by atoms with van der Waals surface area (Å²) in [6.45, 7) is 0. The first-order chi connectivity index (χ1) is 9.72. The van der Waals surface area contributed by atoms with E-state index in [0.29, 0.717) is 17.1 Å². The van der Waals surface area contributed by atoms with E-state index in [1.165, 1.54) is 11.8 Å². The second kappa shape index (κ2) is 7.01. The fraction of sp³-hybridized carbons (Fsp3) is 0.188. The summed E-state index contributed by atoms with van der Waals surface area (Å²) in [7, 11) is 3.23. The predicted octanol–water partition coefficient (Wildman–Crippen LogP) is 3.68. The first-order valence-corrected chi connectivity index (χ1v) is 7.15. The van der Waals surface area contributed by atoms with Crippen LogP contribution in [0.2, 0.25) is 0 Å². The van der Waals surface area contributed by atoms with Crippen LogP contribution in [0.5, 0.6) is 11.5 Å². The Morgan fingerprint density at radius 2 is 1.70 bits per heavy atom. The van der Waals surface area contributed by atoms with Gasteiger partial charge < -0.3 is 9.47 Å². The van der Waals surface area contributed by atoms with Crippen LogP contribution in [0.1, 0.15) is 10.4 Å². The zero-order valence-electron chi connectivity index (χ0n) is 11.5. The van der Waals surface area contributed by atoms with Crippen molar-refractivity contribution < 1.29 is 14.3 Å². The highest BCUT2D eigenvalue weighted by molar-refractivity contribution is 8.00. The highest BCUT2D eigenvalue weighted by Gasteiger charge is 2.07. The van der Waals surface area contributed by atoms with Gasteiger partial charge in [-0.1, -0.05) is 12.1 Å². The van der Waals surface area contributed by atoms with Crippen molar-refractivity contribution in [3.63, 3.8) is 0 Å². The molecule has 0 N–H and O–H groups in total. The highest BCUT2D eigenvalue weighted by Crippen LogP contribution is 2.23. The van der Waals surface area contributed by atoms with Crippen molar-refractivity contribution in [2.75, 3.05) is 20.0 Å². The summed E-state index contributed by atoms with van der Waals surface area (Å²) in [5.74, 6) is 2.00. The summed E-state index contributed by atoms with van der Waals surface area (Å²) >= 11 is 1.51. The lowest BCUT2D eigenvalue weighted by Crippen LogP contribution is -2.02. The van der Waals surface area contributed by atoms with Crippen LogP contribution in [-0.4, -0.2) is 25.8 Å². The summed E-state index contributed by atoms with van der Waals surface area (Å²) in [6, 6.07) is 14.9. The lowest BCUT2D eigenvalue weighted by atomic mass is 10.1. The number of ether oxygens (including phenoxy) is 2. The Morgan fingerprint density at radius 1 is 1.00 bits per heavy atom. The average molecular weight is 288 g/mol. The SMILES string of the molecule is COc1ccc(SCC(=O)c2cccc(OC)c2)cc1. The monoisotopic (exact) mass is 288 g/mol. The van der Waals surface area contributed by atoms with Crippen LogP contribution in [0, 0.1) is 0 Å². The van der Waals surface area contributed by atoms with Crippen LogP contribution in [0.3, 0.4) is 0 Å². The van der Waals surface area contributed by atoms with E-state index in [0.717, 1.165) is 10.6 Å². The third kappa shape index (κ3) is 3.78. The maximum atomic E-state index is 12.1. The molecule has 0 saturated heterocycles. The number of methoxy groups -OCH3 is 2. The quantitative estimate of drug-likeness (QED) is 0.600. The predicted molar refractivity (Wildman–Crippen MR) is 81.0 cm³/mol. The molecule has 0 heterocycles. The van der Waals surface area contributed by atoms with Gasteiger partial charge in [0.25, 0.3) is 0 Å². The Balaban J connectivity index is 1.97. The number of thioether (sulfide) groups is 1. The van der Waals surface area contributed by atoms with E-state index in [2.05, 4.69) is 0 Å². The minimum Gasteiger partial charge on any atom is -0.497 e. The third-order valence-electron chi connectivity index (χ3n) is 2.82. The van der Waals surface area contributed by atoms with Gasteiger partial charge in [0.15, 0.2) is 5.78 Å². The van der Waals surface area contributed by atoms with E-state index >= 15 is 0 Å². The Bertz CT molecular complexity index is 579. The molecule has 0 amide bonds. The van der Waals surface area contributed by atoms with Crippen molar-refractivity contribution in [2.24, 2.45) is 0 Å². The van der Waals surface area contributed by atoms with E-state index in [-0.39, 0.29) is 5.78 Å². The minimum absolute atomic E-state index is 0.0877. The number of Topliss-reactive ketones (excluding diaryl/α,β-unsaturated/α-hetero) is 1. The molecule has 0 saturated carbocycles. The zero-order valence-corrected chi connectivity index (χ0v) is 12.3. The molecule has 0 aliphatic heterocycles. The second-order valence-corrected chi connectivity index (χ2v) is 5.17. The maximum absolute atomic E-state index is 12.1. The molecule has 0 spiro atoms. The zero-order chi connectivity index (χ0) is 14.4. The van der Waals surface area contributed by atoms with Gasteiger partial charge in [0, 0.05) is 10.5 Å². The smallest absolute Gasteiger partial charge is 0.173 e. The molecular weight excluding hydrogens is 272 g/mol. The van der Waals surface area contributed by atoms with Gasteiger partial charge in [0.2, 0.25) is 0 Å². The van der Waals surface area contributed by atoms with Crippen LogP contribution >= 0.6 is 11.8 Å². The molecule has 0 atom stereocenters. The van der Waals surface area contributed by atoms with Gasteiger partial charge in [-0.2, -0.15) is 0 Å². The number of carbonyl (C=O) groups is 1. The van der Waals surface area contributed by atoms with E-state index in [1.54, 1.807) is 26.4 Å². The van der Waals surface area contributed by atoms with Crippen LogP contribution in [0.15, 0.2) is 53.4 Å². The number of hydrogen-bond acceptors (Lipinski definition) is 4. The molecule has 104 valence electrons. The van der Waals surface area contributed by atoms with Gasteiger partial charge in [-0.3, -0.25) is 4.79 Å². The summed E-state index contributed by atoms with van der Waals surface area (Å²) in [4.78, 5) is 13.2. The van der Waals surface area contributed by atoms with Crippen molar-refractivity contribution in [1.82, 2.24) is 0 Å². The summed E-state index contributed by atoms with van der Waals surface area (Å²) in [5, 5.41) is 0. The number of ketones is 1. The molecule has 3 nitrogen and oxygen atoms in total. The van der Waals surface area contributed by atoms with Crippen LogP contribution < -0.4 is 9.47 Å². The van der Waals surface area contributed by atoms with Crippen LogP contribution in [0.4, 0.5) is 0 Å². The van der Waals surface area contributed by atoms with Crippen molar-refractivity contribution in [3.8, 4) is 11.5 Å². The fourth-order valence-electron chi connectivity index (χ4n) is 1.70. The van der Waals surface area contributed by atoms with Crippen LogP contribution in [-0.2, 0) is 0 Å². The number of carbonyl (C=O) groups excluding carboxylic acids is 1. The van der Waals surface area contributed by atoms with Gasteiger partial charge in [-0.25, -0.2) is 0 Å². The van der Waals surface area contributed by atoms with Crippen molar-refractivity contribution in [1.29, 1.82) is 0 Å². The molecule has 0 radical (unpaired) electrons. The summed E-state index contributed by atoms with van der Waals surface area (Å²) < 4.78 is 10.2. The van der Waals surface area contributed by atoms with Crippen LogP contribution in [0.25, 0.3) is 0 Å². The molecular formula is C16H16O3S. The molecule has 0 bridgehead atoms. The molecule has 0 fully saturated rings. The van der Waals surface area contributed by atoms with Crippen molar-refractivity contribution >= 4 is 17.5 Å². The second-order valence-electron chi connectivity index (χ2n) is 4.12. The number of hydrogen-bond donors (Lipinski definition) is 0. The van der Waals surface area contributed by atoms with Gasteiger partial charge in [-0.15, -0.1) is 11.8 Å². The lowest BCUT2D eigenvalue weighted by molar-refractivity contribution is 0.102. The lowest BCUT2D eigenvalue weighted by Gasteiger charge is -2.05. The molecule has 0 unspecified atom stereocenters. The largest absolute Gasteiger partial charge is 0.497 e. The summed E-state index contributed by atoms with van der Waals surface area (Å²) in [5.41, 5.74) is 0.672.